The molecule has 5 aliphatic rings. The second-order valence-corrected chi connectivity index (χ2v) is 22.3. The topological polar surface area (TPSA) is 3.24 Å². The van der Waals surface area contributed by atoms with Crippen LogP contribution < -0.4 is 4.90 Å². The Morgan fingerprint density at radius 1 is 0.380 bits per heavy atom. The quantitative estimate of drug-likeness (QED) is 0.161. The summed E-state index contributed by atoms with van der Waals surface area (Å²) in [4.78, 5) is 2.57. The molecule has 0 radical (unpaired) electrons. The lowest BCUT2D eigenvalue weighted by Gasteiger charge is -2.35. The van der Waals surface area contributed by atoms with Crippen molar-refractivity contribution in [3.8, 4) is 44.5 Å². The summed E-state index contributed by atoms with van der Waals surface area (Å²) >= 11 is 0. The fourth-order valence-electron chi connectivity index (χ4n) is 14.4. The first-order valence-electron chi connectivity index (χ1n) is 25.7. The maximum absolute atomic E-state index is 2.57. The van der Waals surface area contributed by atoms with Crippen LogP contribution in [0.4, 0.5) is 17.1 Å². The average molecular weight is 912 g/mol. The first-order valence-corrected chi connectivity index (χ1v) is 25.7. The zero-order valence-corrected chi connectivity index (χ0v) is 41.5. The van der Waals surface area contributed by atoms with Crippen LogP contribution in [0.25, 0.3) is 44.5 Å². The summed E-state index contributed by atoms with van der Waals surface area (Å²) in [7, 11) is 0. The zero-order chi connectivity index (χ0) is 48.0. The van der Waals surface area contributed by atoms with Gasteiger partial charge in [-0.05, 0) is 155 Å². The molecule has 0 heterocycles. The molecule has 1 nitrogen and oxygen atoms in total. The Bertz CT molecular complexity index is 3710. The van der Waals surface area contributed by atoms with Gasteiger partial charge in [-0.15, -0.1) is 0 Å². The molecule has 1 atom stereocenters. The number of nitrogens with zero attached hydrogens (tertiary/aromatic N) is 1. The van der Waals surface area contributed by atoms with Crippen molar-refractivity contribution in [1.82, 2.24) is 0 Å². The van der Waals surface area contributed by atoms with E-state index in [2.05, 4.69) is 265 Å². The first kappa shape index (κ1) is 42.2. The van der Waals surface area contributed by atoms with Crippen molar-refractivity contribution in [2.24, 2.45) is 0 Å². The summed E-state index contributed by atoms with van der Waals surface area (Å²) in [5.74, 6) is 0.374. The number of fused-ring (bicyclic) bond motifs is 12. The number of allylic oxidation sites excluding steroid dienone is 4. The standard InChI is InChI=1S/C70H57N/c1-67(2)59-31-18-16-28-52(59)56-39-47(35-38-60(56)67)71(49-33-36-53-51-27-17-19-32-61(51)70(65(53)41-49,45-23-12-8-13-24-45)46-25-14-9-15-26-46)48-34-37-54-57-42-64-58(43-63(57)68(3,4)62(54)40-48)55-30-20-29-50(66(55)69(64,5)6)44-21-10-7-11-22-44/h7-27,29-43,52H,28H2,1-6H3. The number of benzene rings is 9. The van der Waals surface area contributed by atoms with Crippen molar-refractivity contribution in [3.05, 3.63) is 280 Å². The van der Waals surface area contributed by atoms with Gasteiger partial charge >= 0.3 is 0 Å². The molecule has 0 fully saturated rings. The van der Waals surface area contributed by atoms with Crippen LogP contribution in [-0.2, 0) is 21.7 Å². The maximum atomic E-state index is 2.57. The molecule has 342 valence electrons. The van der Waals surface area contributed by atoms with Gasteiger partial charge in [0.15, 0.2) is 0 Å². The van der Waals surface area contributed by atoms with Gasteiger partial charge in [-0.2, -0.15) is 0 Å². The summed E-state index contributed by atoms with van der Waals surface area (Å²) in [6.45, 7) is 14.6. The molecule has 1 unspecified atom stereocenters. The predicted octanol–water partition coefficient (Wildman–Crippen LogP) is 18.1. The summed E-state index contributed by atoms with van der Waals surface area (Å²) in [6.07, 6.45) is 8.03. The number of hydrogen-bond donors (Lipinski definition) is 0. The SMILES string of the molecule is CC1(C)C2=CC=CCC2c2cc(N(c3ccc4c(c3)C(C)(C)c3cc5c(cc3-4)C(C)(C)c3c(-c4ccccc4)cccc3-5)c3ccc4c(c3)C(c3ccccc3)(c3ccccc3)c3ccccc3-4)ccc21. The Morgan fingerprint density at radius 2 is 0.901 bits per heavy atom. The van der Waals surface area contributed by atoms with E-state index in [1.54, 1.807) is 0 Å². The van der Waals surface area contributed by atoms with E-state index in [0.29, 0.717) is 5.92 Å². The fourth-order valence-corrected chi connectivity index (χ4v) is 14.4. The fraction of sp³-hybridized carbons (Fsp3) is 0.171. The van der Waals surface area contributed by atoms with Crippen molar-refractivity contribution in [3.63, 3.8) is 0 Å². The normalized spacial score (nSPS) is 18.0. The molecular weight excluding hydrogens is 855 g/mol. The minimum atomic E-state index is -0.511. The van der Waals surface area contributed by atoms with Crippen LogP contribution in [0, 0.1) is 0 Å². The number of hydrogen-bond acceptors (Lipinski definition) is 1. The van der Waals surface area contributed by atoms with Crippen molar-refractivity contribution >= 4 is 17.1 Å². The molecule has 0 spiro atoms. The van der Waals surface area contributed by atoms with E-state index in [1.807, 2.05) is 0 Å². The Kier molecular flexibility index (Phi) is 8.84. The van der Waals surface area contributed by atoms with Gasteiger partial charge in [0, 0.05) is 39.2 Å². The van der Waals surface area contributed by atoms with Crippen LogP contribution in [0.2, 0.25) is 0 Å². The van der Waals surface area contributed by atoms with E-state index in [9.17, 15) is 0 Å². The molecule has 9 aromatic rings. The molecule has 1 heteroatoms. The molecular formula is C70H57N. The summed E-state index contributed by atoms with van der Waals surface area (Å²) in [5, 5.41) is 0. The minimum absolute atomic E-state index is 0.0275. The minimum Gasteiger partial charge on any atom is -0.310 e. The molecule has 0 aromatic heterocycles. The average Bonchev–Trinajstić information content (AvgIpc) is 4.00. The van der Waals surface area contributed by atoms with Gasteiger partial charge in [-0.3, -0.25) is 0 Å². The van der Waals surface area contributed by atoms with Crippen molar-refractivity contribution in [2.75, 3.05) is 4.90 Å². The van der Waals surface area contributed by atoms with E-state index < -0.39 is 5.41 Å². The molecule has 0 amide bonds. The molecule has 0 aliphatic heterocycles. The van der Waals surface area contributed by atoms with Gasteiger partial charge in [0.1, 0.15) is 0 Å². The number of anilines is 3. The second-order valence-electron chi connectivity index (χ2n) is 22.3. The Hall–Kier alpha value is -7.74. The van der Waals surface area contributed by atoms with E-state index in [0.717, 1.165) is 12.1 Å². The maximum Gasteiger partial charge on any atom is 0.0714 e. The van der Waals surface area contributed by atoms with Gasteiger partial charge < -0.3 is 4.90 Å². The molecule has 9 aromatic carbocycles. The van der Waals surface area contributed by atoms with Crippen LogP contribution in [0.15, 0.2) is 224 Å². The first-order chi connectivity index (χ1) is 34.5. The van der Waals surface area contributed by atoms with Gasteiger partial charge in [0.25, 0.3) is 0 Å². The highest BCUT2D eigenvalue weighted by atomic mass is 15.1. The lowest BCUT2D eigenvalue weighted by molar-refractivity contribution is 0.612. The van der Waals surface area contributed by atoms with Crippen LogP contribution in [0.3, 0.4) is 0 Å². The highest BCUT2D eigenvalue weighted by Gasteiger charge is 2.48. The summed E-state index contributed by atoms with van der Waals surface area (Å²) in [5.41, 5.74) is 28.4. The van der Waals surface area contributed by atoms with E-state index >= 15 is 0 Å². The van der Waals surface area contributed by atoms with Crippen molar-refractivity contribution in [1.29, 1.82) is 0 Å². The van der Waals surface area contributed by atoms with Crippen LogP contribution in [0.5, 0.6) is 0 Å². The molecule has 0 bridgehead atoms. The lowest BCUT2D eigenvalue weighted by atomic mass is 9.67. The monoisotopic (exact) mass is 911 g/mol. The van der Waals surface area contributed by atoms with Gasteiger partial charge in [0.05, 0.1) is 5.41 Å². The third-order valence-corrected chi connectivity index (χ3v) is 17.7. The molecule has 71 heavy (non-hydrogen) atoms. The van der Waals surface area contributed by atoms with E-state index in [-0.39, 0.29) is 16.2 Å². The zero-order valence-electron chi connectivity index (χ0n) is 41.5. The highest BCUT2D eigenvalue weighted by Crippen LogP contribution is 2.61. The third-order valence-electron chi connectivity index (χ3n) is 17.7. The molecule has 5 aliphatic carbocycles. The lowest BCUT2D eigenvalue weighted by Crippen LogP contribution is -2.28. The predicted molar refractivity (Wildman–Crippen MR) is 297 cm³/mol. The molecule has 0 saturated carbocycles. The second kappa shape index (κ2) is 14.9. The number of rotatable bonds is 6. The molecule has 14 rings (SSSR count). The van der Waals surface area contributed by atoms with Gasteiger partial charge in [-0.25, -0.2) is 0 Å². The van der Waals surface area contributed by atoms with Gasteiger partial charge in [0.2, 0.25) is 0 Å². The van der Waals surface area contributed by atoms with Crippen LogP contribution in [0.1, 0.15) is 110 Å². The summed E-state index contributed by atoms with van der Waals surface area (Å²) in [6, 6.07) is 76.5. The van der Waals surface area contributed by atoms with Crippen LogP contribution in [-0.4, -0.2) is 0 Å². The van der Waals surface area contributed by atoms with Gasteiger partial charge in [-0.1, -0.05) is 217 Å². The van der Waals surface area contributed by atoms with Crippen LogP contribution >= 0.6 is 0 Å². The molecule has 0 saturated heterocycles. The van der Waals surface area contributed by atoms with Crippen molar-refractivity contribution in [2.45, 2.75) is 75.5 Å². The smallest absolute Gasteiger partial charge is 0.0714 e. The summed E-state index contributed by atoms with van der Waals surface area (Å²) < 4.78 is 0. The third kappa shape index (κ3) is 5.69. The Morgan fingerprint density at radius 3 is 1.61 bits per heavy atom. The van der Waals surface area contributed by atoms with E-state index in [4.69, 9.17) is 0 Å². The Labute approximate surface area is 419 Å². The molecule has 0 N–H and O–H groups in total. The van der Waals surface area contributed by atoms with E-state index in [1.165, 1.54) is 117 Å². The Balaban J connectivity index is 0.968. The largest absolute Gasteiger partial charge is 0.310 e. The highest BCUT2D eigenvalue weighted by molar-refractivity contribution is 5.95. The van der Waals surface area contributed by atoms with Crippen molar-refractivity contribution < 1.29 is 0 Å².